The van der Waals surface area contributed by atoms with E-state index in [-0.39, 0.29) is 11.2 Å². The lowest BCUT2D eigenvalue weighted by Crippen LogP contribution is -2.34. The highest BCUT2D eigenvalue weighted by atomic mass is 19.1. The molecule has 0 amide bonds. The van der Waals surface area contributed by atoms with Crippen LogP contribution in [0, 0.1) is 11.2 Å². The van der Waals surface area contributed by atoms with Gasteiger partial charge in [0.25, 0.3) is 0 Å². The molecule has 2 rings (SSSR count). The number of halogens is 1. The molecule has 2 aromatic rings. The normalized spacial score (nSPS) is 11.4. The van der Waals surface area contributed by atoms with E-state index in [1.54, 1.807) is 6.07 Å². The van der Waals surface area contributed by atoms with E-state index in [0.29, 0.717) is 12.5 Å². The van der Waals surface area contributed by atoms with E-state index in [1.807, 2.05) is 18.2 Å². The maximum Gasteiger partial charge on any atom is 0.213 e. The van der Waals surface area contributed by atoms with Gasteiger partial charge in [0.2, 0.25) is 5.88 Å². The molecular formula is C17H21FN2O. The Hall–Kier alpha value is -1.94. The summed E-state index contributed by atoms with van der Waals surface area (Å²) in [6, 6.07) is 13.2. The number of nitrogens with one attached hydrogen (secondary N) is 1. The van der Waals surface area contributed by atoms with Crippen LogP contribution >= 0.6 is 0 Å². The lowest BCUT2D eigenvalue weighted by molar-refractivity contribution is 0.170. The van der Waals surface area contributed by atoms with Gasteiger partial charge in [-0.15, -0.1) is 0 Å². The Morgan fingerprint density at radius 1 is 1.14 bits per heavy atom. The number of hydrogen-bond donors (Lipinski definition) is 1. The molecule has 0 spiro atoms. The van der Waals surface area contributed by atoms with Gasteiger partial charge in [0, 0.05) is 24.6 Å². The van der Waals surface area contributed by atoms with Crippen molar-refractivity contribution in [1.29, 1.82) is 0 Å². The molecule has 0 radical (unpaired) electrons. The monoisotopic (exact) mass is 288 g/mol. The molecule has 0 aliphatic rings. The first-order valence-corrected chi connectivity index (χ1v) is 7.04. The highest BCUT2D eigenvalue weighted by Crippen LogP contribution is 2.16. The zero-order valence-corrected chi connectivity index (χ0v) is 12.5. The van der Waals surface area contributed by atoms with Crippen molar-refractivity contribution in [2.24, 2.45) is 5.41 Å². The molecule has 0 unspecified atom stereocenters. The van der Waals surface area contributed by atoms with Crippen LogP contribution in [0.5, 0.6) is 5.88 Å². The Kier molecular flexibility index (Phi) is 5.28. The van der Waals surface area contributed by atoms with E-state index in [9.17, 15) is 4.39 Å². The van der Waals surface area contributed by atoms with Gasteiger partial charge < -0.3 is 10.1 Å². The number of hydrogen-bond acceptors (Lipinski definition) is 3. The van der Waals surface area contributed by atoms with Crippen LogP contribution in [0.1, 0.15) is 19.4 Å². The minimum atomic E-state index is -0.355. The summed E-state index contributed by atoms with van der Waals surface area (Å²) in [5, 5.41) is 3.43. The second-order valence-corrected chi connectivity index (χ2v) is 5.86. The van der Waals surface area contributed by atoms with Crippen molar-refractivity contribution in [3.05, 3.63) is 60.0 Å². The van der Waals surface area contributed by atoms with Crippen molar-refractivity contribution < 1.29 is 9.13 Å². The van der Waals surface area contributed by atoms with Crippen LogP contribution in [-0.2, 0) is 6.54 Å². The first-order chi connectivity index (χ1) is 10.1. The number of rotatable bonds is 7. The molecule has 4 heteroatoms. The molecule has 1 heterocycles. The molecule has 0 saturated heterocycles. The molecule has 1 N–H and O–H groups in total. The predicted octanol–water partition coefficient (Wildman–Crippen LogP) is 3.42. The Labute approximate surface area is 125 Å². The Bertz CT molecular complexity index is 540. The molecule has 112 valence electrons. The van der Waals surface area contributed by atoms with Gasteiger partial charge in [-0.05, 0) is 11.6 Å². The Balaban J connectivity index is 1.75. The van der Waals surface area contributed by atoms with Gasteiger partial charge in [0.05, 0.1) is 12.8 Å². The summed E-state index contributed by atoms with van der Waals surface area (Å²) in [5.74, 6) is 0.0960. The third-order valence-corrected chi connectivity index (χ3v) is 3.09. The zero-order chi connectivity index (χ0) is 15.1. The van der Waals surface area contributed by atoms with Gasteiger partial charge in [0.1, 0.15) is 5.82 Å². The maximum absolute atomic E-state index is 12.8. The molecule has 21 heavy (non-hydrogen) atoms. The van der Waals surface area contributed by atoms with E-state index >= 15 is 0 Å². The SMILES string of the molecule is CC(C)(CNCc1ccccc1)COc1ccc(F)cn1. The molecule has 0 atom stereocenters. The first kappa shape index (κ1) is 15.4. The average molecular weight is 288 g/mol. The lowest BCUT2D eigenvalue weighted by atomic mass is 9.95. The predicted molar refractivity (Wildman–Crippen MR) is 81.6 cm³/mol. The fourth-order valence-electron chi connectivity index (χ4n) is 1.91. The summed E-state index contributed by atoms with van der Waals surface area (Å²) < 4.78 is 18.4. The van der Waals surface area contributed by atoms with Gasteiger partial charge in [-0.2, -0.15) is 0 Å². The molecule has 1 aromatic heterocycles. The lowest BCUT2D eigenvalue weighted by Gasteiger charge is -2.25. The minimum Gasteiger partial charge on any atom is -0.477 e. The fraction of sp³-hybridized carbons (Fsp3) is 0.353. The van der Waals surface area contributed by atoms with Crippen LogP contribution in [0.15, 0.2) is 48.7 Å². The molecular weight excluding hydrogens is 267 g/mol. The first-order valence-electron chi connectivity index (χ1n) is 7.04. The number of pyridine rings is 1. The number of ether oxygens (including phenoxy) is 1. The van der Waals surface area contributed by atoms with E-state index < -0.39 is 0 Å². The molecule has 0 bridgehead atoms. The molecule has 0 saturated carbocycles. The van der Waals surface area contributed by atoms with Crippen LogP contribution in [0.3, 0.4) is 0 Å². The average Bonchev–Trinajstić information content (AvgIpc) is 2.48. The van der Waals surface area contributed by atoms with Crippen LogP contribution in [0.4, 0.5) is 4.39 Å². The van der Waals surface area contributed by atoms with Gasteiger partial charge in [0.15, 0.2) is 0 Å². The van der Waals surface area contributed by atoms with E-state index in [0.717, 1.165) is 19.3 Å². The van der Waals surface area contributed by atoms with Gasteiger partial charge in [-0.3, -0.25) is 0 Å². The molecule has 0 aliphatic heterocycles. The quantitative estimate of drug-likeness (QED) is 0.847. The van der Waals surface area contributed by atoms with E-state index in [2.05, 4.69) is 36.3 Å². The maximum atomic E-state index is 12.8. The van der Waals surface area contributed by atoms with Crippen LogP contribution in [-0.4, -0.2) is 18.1 Å². The van der Waals surface area contributed by atoms with Crippen molar-refractivity contribution in [2.45, 2.75) is 20.4 Å². The highest BCUT2D eigenvalue weighted by Gasteiger charge is 2.18. The van der Waals surface area contributed by atoms with Crippen molar-refractivity contribution in [2.75, 3.05) is 13.2 Å². The summed E-state index contributed by atoms with van der Waals surface area (Å²) in [6.07, 6.45) is 1.16. The van der Waals surface area contributed by atoms with Crippen molar-refractivity contribution in [3.63, 3.8) is 0 Å². The van der Waals surface area contributed by atoms with Crippen molar-refractivity contribution >= 4 is 0 Å². The Morgan fingerprint density at radius 3 is 2.57 bits per heavy atom. The van der Waals surface area contributed by atoms with Gasteiger partial charge >= 0.3 is 0 Å². The van der Waals surface area contributed by atoms with Crippen molar-refractivity contribution in [3.8, 4) is 5.88 Å². The van der Waals surface area contributed by atoms with Crippen molar-refractivity contribution in [1.82, 2.24) is 10.3 Å². The molecule has 0 aliphatic carbocycles. The minimum absolute atomic E-state index is 0.0369. The number of nitrogens with zero attached hydrogens (tertiary/aromatic N) is 1. The van der Waals surface area contributed by atoms with E-state index in [4.69, 9.17) is 4.74 Å². The van der Waals surface area contributed by atoms with Crippen LogP contribution < -0.4 is 10.1 Å². The second kappa shape index (κ2) is 7.18. The Morgan fingerprint density at radius 2 is 1.90 bits per heavy atom. The summed E-state index contributed by atoms with van der Waals surface area (Å²) in [4.78, 5) is 3.89. The third kappa shape index (κ3) is 5.52. The zero-order valence-electron chi connectivity index (χ0n) is 12.5. The molecule has 3 nitrogen and oxygen atoms in total. The summed E-state index contributed by atoms with van der Waals surface area (Å²) in [7, 11) is 0. The second-order valence-electron chi connectivity index (χ2n) is 5.86. The fourth-order valence-corrected chi connectivity index (χ4v) is 1.91. The summed E-state index contributed by atoms with van der Waals surface area (Å²) in [5.41, 5.74) is 1.22. The standard InChI is InChI=1S/C17H21FN2O/c1-17(2,12-19-10-14-6-4-3-5-7-14)13-21-16-9-8-15(18)11-20-16/h3-9,11,19H,10,12-13H2,1-2H3. The van der Waals surface area contributed by atoms with Crippen LogP contribution in [0.25, 0.3) is 0 Å². The number of benzene rings is 1. The van der Waals surface area contributed by atoms with Crippen LogP contribution in [0.2, 0.25) is 0 Å². The molecule has 0 fully saturated rings. The smallest absolute Gasteiger partial charge is 0.213 e. The molecule has 1 aromatic carbocycles. The topological polar surface area (TPSA) is 34.1 Å². The third-order valence-electron chi connectivity index (χ3n) is 3.09. The largest absolute Gasteiger partial charge is 0.477 e. The summed E-state index contributed by atoms with van der Waals surface area (Å²) in [6.45, 7) is 6.42. The summed E-state index contributed by atoms with van der Waals surface area (Å²) >= 11 is 0. The highest BCUT2D eigenvalue weighted by molar-refractivity contribution is 5.14. The number of aromatic nitrogens is 1. The van der Waals surface area contributed by atoms with E-state index in [1.165, 1.54) is 11.6 Å². The van der Waals surface area contributed by atoms with Gasteiger partial charge in [-0.25, -0.2) is 9.37 Å². The van der Waals surface area contributed by atoms with Gasteiger partial charge in [-0.1, -0.05) is 44.2 Å².